The molecule has 0 aromatic heterocycles. The Hall–Kier alpha value is -2.48. The fourth-order valence-electron chi connectivity index (χ4n) is 2.67. The van der Waals surface area contributed by atoms with Gasteiger partial charge in [-0.2, -0.15) is 0 Å². The minimum absolute atomic E-state index is 0.00511. The molecule has 0 radical (unpaired) electrons. The lowest BCUT2D eigenvalue weighted by molar-refractivity contribution is -0.384. The molecule has 0 aliphatic carbocycles. The normalized spacial score (nSPS) is 15.1. The maximum atomic E-state index is 12.4. The first-order valence-corrected chi connectivity index (χ1v) is 7.83. The molecule has 0 spiro atoms. The third-order valence-electron chi connectivity index (χ3n) is 4.08. The number of nitro benzene ring substituents is 1. The van der Waals surface area contributed by atoms with E-state index in [0.717, 1.165) is 0 Å². The van der Waals surface area contributed by atoms with Gasteiger partial charge in [-0.25, -0.2) is 0 Å². The largest absolute Gasteiger partial charge is 0.383 e. The van der Waals surface area contributed by atoms with Gasteiger partial charge in [-0.1, -0.05) is 0 Å². The number of nitrogens with one attached hydrogen (secondary N) is 1. The van der Waals surface area contributed by atoms with Crippen molar-refractivity contribution in [1.82, 2.24) is 10.2 Å². The van der Waals surface area contributed by atoms with E-state index >= 15 is 0 Å². The second kappa shape index (κ2) is 8.39. The maximum absolute atomic E-state index is 12.4. The van der Waals surface area contributed by atoms with Crippen LogP contribution >= 0.6 is 0 Å². The van der Waals surface area contributed by atoms with Crippen molar-refractivity contribution in [3.8, 4) is 0 Å². The van der Waals surface area contributed by atoms with Crippen LogP contribution in [0.5, 0.6) is 0 Å². The van der Waals surface area contributed by atoms with Crippen molar-refractivity contribution in [1.29, 1.82) is 0 Å². The average Bonchev–Trinajstić information content (AvgIpc) is 2.61. The Morgan fingerprint density at radius 3 is 2.46 bits per heavy atom. The number of ether oxygens (including phenoxy) is 1. The van der Waals surface area contributed by atoms with Crippen molar-refractivity contribution in [3.63, 3.8) is 0 Å². The van der Waals surface area contributed by atoms with Gasteiger partial charge in [0.05, 0.1) is 11.5 Å². The summed E-state index contributed by atoms with van der Waals surface area (Å²) in [6.07, 6.45) is 1.22. The lowest BCUT2D eigenvalue weighted by atomic mass is 9.95. The van der Waals surface area contributed by atoms with Gasteiger partial charge in [0, 0.05) is 50.4 Å². The van der Waals surface area contributed by atoms with Crippen molar-refractivity contribution in [2.24, 2.45) is 5.92 Å². The molecule has 1 N–H and O–H groups in total. The Morgan fingerprint density at radius 1 is 1.29 bits per heavy atom. The van der Waals surface area contributed by atoms with E-state index in [2.05, 4.69) is 5.32 Å². The molecule has 0 saturated carbocycles. The fourth-order valence-corrected chi connectivity index (χ4v) is 2.67. The number of non-ortho nitro benzene ring substituents is 1. The van der Waals surface area contributed by atoms with Gasteiger partial charge >= 0.3 is 0 Å². The molecule has 1 saturated heterocycles. The van der Waals surface area contributed by atoms with Gasteiger partial charge in [-0.15, -0.1) is 0 Å². The van der Waals surface area contributed by atoms with Crippen LogP contribution in [0.4, 0.5) is 5.69 Å². The first-order valence-electron chi connectivity index (χ1n) is 7.83. The summed E-state index contributed by atoms with van der Waals surface area (Å²) in [6, 6.07) is 5.57. The average molecular weight is 335 g/mol. The van der Waals surface area contributed by atoms with Crippen LogP contribution < -0.4 is 5.32 Å². The van der Waals surface area contributed by atoms with E-state index in [9.17, 15) is 19.7 Å². The first-order chi connectivity index (χ1) is 11.5. The van der Waals surface area contributed by atoms with Gasteiger partial charge < -0.3 is 15.0 Å². The number of likely N-dealkylation sites (tertiary alicyclic amines) is 1. The molecule has 0 unspecified atom stereocenters. The van der Waals surface area contributed by atoms with Crippen LogP contribution in [-0.4, -0.2) is 55.0 Å². The molecule has 24 heavy (non-hydrogen) atoms. The Balaban J connectivity index is 1.86. The Kier molecular flexibility index (Phi) is 6.25. The number of hydrogen-bond acceptors (Lipinski definition) is 5. The predicted octanol–water partition coefficient (Wildman–Crippen LogP) is 1.21. The van der Waals surface area contributed by atoms with Gasteiger partial charge in [0.25, 0.3) is 11.6 Å². The molecule has 0 atom stereocenters. The topological polar surface area (TPSA) is 102 Å². The molecule has 1 heterocycles. The minimum atomic E-state index is -0.498. The Labute approximate surface area is 139 Å². The third-order valence-corrected chi connectivity index (χ3v) is 4.08. The number of methoxy groups -OCH3 is 1. The number of carbonyl (C=O) groups is 2. The Bertz CT molecular complexity index is 594. The highest BCUT2D eigenvalue weighted by Gasteiger charge is 2.27. The smallest absolute Gasteiger partial charge is 0.269 e. The number of nitro groups is 1. The zero-order chi connectivity index (χ0) is 17.5. The van der Waals surface area contributed by atoms with Crippen molar-refractivity contribution in [2.75, 3.05) is 33.4 Å². The summed E-state index contributed by atoms with van der Waals surface area (Å²) in [6.45, 7) is 1.96. The van der Waals surface area contributed by atoms with E-state index in [1.165, 1.54) is 24.3 Å². The molecular weight excluding hydrogens is 314 g/mol. The summed E-state index contributed by atoms with van der Waals surface area (Å²) >= 11 is 0. The summed E-state index contributed by atoms with van der Waals surface area (Å²) < 4.78 is 4.89. The summed E-state index contributed by atoms with van der Waals surface area (Å²) in [5, 5.41) is 13.5. The van der Waals surface area contributed by atoms with Gasteiger partial charge in [0.1, 0.15) is 0 Å². The highest BCUT2D eigenvalue weighted by Crippen LogP contribution is 2.20. The number of rotatable bonds is 6. The van der Waals surface area contributed by atoms with Crippen molar-refractivity contribution in [3.05, 3.63) is 39.9 Å². The van der Waals surface area contributed by atoms with E-state index in [0.29, 0.717) is 44.6 Å². The summed E-state index contributed by atoms with van der Waals surface area (Å²) in [5.41, 5.74) is 0.376. The van der Waals surface area contributed by atoms with Crippen LogP contribution in [-0.2, 0) is 9.53 Å². The number of carbonyl (C=O) groups excluding carboxylic acids is 2. The van der Waals surface area contributed by atoms with E-state index in [1.54, 1.807) is 12.0 Å². The lowest BCUT2D eigenvalue weighted by Crippen LogP contribution is -2.43. The predicted molar refractivity (Wildman–Crippen MR) is 86.6 cm³/mol. The van der Waals surface area contributed by atoms with Crippen LogP contribution in [0, 0.1) is 16.0 Å². The fraction of sp³-hybridized carbons (Fsp3) is 0.500. The summed E-state index contributed by atoms with van der Waals surface area (Å²) in [7, 11) is 1.58. The van der Waals surface area contributed by atoms with E-state index in [4.69, 9.17) is 4.74 Å². The molecule has 1 aliphatic heterocycles. The second-order valence-electron chi connectivity index (χ2n) is 5.65. The number of nitrogens with zero attached hydrogens (tertiary/aromatic N) is 2. The highest BCUT2D eigenvalue weighted by atomic mass is 16.6. The van der Waals surface area contributed by atoms with Gasteiger partial charge in [0.2, 0.25) is 5.91 Å². The van der Waals surface area contributed by atoms with Crippen molar-refractivity contribution >= 4 is 17.5 Å². The first kappa shape index (κ1) is 17.9. The molecule has 1 fully saturated rings. The van der Waals surface area contributed by atoms with E-state index in [1.807, 2.05) is 0 Å². The Morgan fingerprint density at radius 2 is 1.92 bits per heavy atom. The highest BCUT2D eigenvalue weighted by molar-refractivity contribution is 5.94. The quantitative estimate of drug-likeness (QED) is 0.478. The van der Waals surface area contributed by atoms with Crippen LogP contribution in [0.25, 0.3) is 0 Å². The number of piperidine rings is 1. The molecule has 130 valence electrons. The molecular formula is C16H21N3O5. The standard InChI is InChI=1S/C16H21N3O5/c1-24-11-8-17-15(20)12-6-9-18(10-7-12)16(21)13-2-4-14(5-3-13)19(22)23/h2-5,12H,6-11H2,1H3,(H,17,20). The van der Waals surface area contributed by atoms with Crippen LogP contribution in [0.3, 0.4) is 0 Å². The van der Waals surface area contributed by atoms with Crippen LogP contribution in [0.2, 0.25) is 0 Å². The van der Waals surface area contributed by atoms with Gasteiger partial charge in [-0.3, -0.25) is 19.7 Å². The minimum Gasteiger partial charge on any atom is -0.383 e. The molecule has 8 heteroatoms. The molecule has 1 aromatic carbocycles. The zero-order valence-electron chi connectivity index (χ0n) is 13.6. The zero-order valence-corrected chi connectivity index (χ0v) is 13.6. The molecule has 8 nitrogen and oxygen atoms in total. The van der Waals surface area contributed by atoms with Gasteiger partial charge in [-0.05, 0) is 25.0 Å². The van der Waals surface area contributed by atoms with Crippen molar-refractivity contribution in [2.45, 2.75) is 12.8 Å². The number of hydrogen-bond donors (Lipinski definition) is 1. The van der Waals surface area contributed by atoms with E-state index in [-0.39, 0.29) is 23.4 Å². The number of amides is 2. The number of benzene rings is 1. The van der Waals surface area contributed by atoms with E-state index < -0.39 is 4.92 Å². The van der Waals surface area contributed by atoms with Gasteiger partial charge in [0.15, 0.2) is 0 Å². The monoisotopic (exact) mass is 335 g/mol. The van der Waals surface area contributed by atoms with Crippen LogP contribution in [0.1, 0.15) is 23.2 Å². The molecule has 2 amide bonds. The molecule has 2 rings (SSSR count). The summed E-state index contributed by atoms with van der Waals surface area (Å²) in [4.78, 5) is 36.2. The summed E-state index contributed by atoms with van der Waals surface area (Å²) in [5.74, 6) is -0.264. The SMILES string of the molecule is COCCNC(=O)C1CCN(C(=O)c2ccc([N+](=O)[O-])cc2)CC1. The molecule has 1 aliphatic rings. The third kappa shape index (κ3) is 4.51. The van der Waals surface area contributed by atoms with Crippen molar-refractivity contribution < 1.29 is 19.2 Å². The van der Waals surface area contributed by atoms with Crippen LogP contribution in [0.15, 0.2) is 24.3 Å². The lowest BCUT2D eigenvalue weighted by Gasteiger charge is -2.31. The maximum Gasteiger partial charge on any atom is 0.269 e. The molecule has 1 aromatic rings. The molecule has 0 bridgehead atoms. The second-order valence-corrected chi connectivity index (χ2v) is 5.65.